The first-order valence-corrected chi connectivity index (χ1v) is 9.43. The fourth-order valence-electron chi connectivity index (χ4n) is 3.06. The lowest BCUT2D eigenvalue weighted by Gasteiger charge is -2.25. The van der Waals surface area contributed by atoms with Crippen LogP contribution in [-0.2, 0) is 6.54 Å². The lowest BCUT2D eigenvalue weighted by Crippen LogP contribution is -2.42. The van der Waals surface area contributed by atoms with E-state index >= 15 is 0 Å². The van der Waals surface area contributed by atoms with Crippen molar-refractivity contribution in [1.29, 1.82) is 0 Å². The fourth-order valence-corrected chi connectivity index (χ4v) is 3.84. The molecule has 3 rings (SSSR count). The predicted molar refractivity (Wildman–Crippen MR) is 96.3 cm³/mol. The fraction of sp³-hybridized carbons (Fsp3) is 0.471. The Kier molecular flexibility index (Phi) is 5.40. The normalized spacial score (nSPS) is 20.1. The summed E-state index contributed by atoms with van der Waals surface area (Å²) in [5, 5.41) is 3.69. The van der Waals surface area contributed by atoms with Gasteiger partial charge in [-0.2, -0.15) is 11.8 Å². The van der Waals surface area contributed by atoms with E-state index in [4.69, 9.17) is 0 Å². The minimum atomic E-state index is -0.0113. The number of imidazole rings is 1. The van der Waals surface area contributed by atoms with Crippen LogP contribution in [0.25, 0.3) is 5.82 Å². The highest BCUT2D eigenvalue weighted by molar-refractivity contribution is 7.99. The molecule has 2 atom stereocenters. The van der Waals surface area contributed by atoms with E-state index in [1.54, 1.807) is 18.7 Å². The molecule has 0 aliphatic heterocycles. The Morgan fingerprint density at radius 3 is 3.04 bits per heavy atom. The predicted octanol–water partition coefficient (Wildman–Crippen LogP) is 2.69. The van der Waals surface area contributed by atoms with E-state index in [0.717, 1.165) is 24.2 Å². The minimum Gasteiger partial charge on any atom is -0.334 e. The number of thioether (sulfide) groups is 1. The largest absolute Gasteiger partial charge is 0.334 e. The maximum absolute atomic E-state index is 12.4. The molecule has 24 heavy (non-hydrogen) atoms. The summed E-state index contributed by atoms with van der Waals surface area (Å²) in [4.78, 5) is 22.6. The van der Waals surface area contributed by atoms with Crippen LogP contribution < -0.4 is 5.32 Å². The highest BCUT2D eigenvalue weighted by Crippen LogP contribution is 2.30. The zero-order valence-corrected chi connectivity index (χ0v) is 14.9. The molecular weight excluding hydrogens is 322 g/mol. The Morgan fingerprint density at radius 1 is 1.46 bits per heavy atom. The van der Waals surface area contributed by atoms with Gasteiger partial charge in [0.1, 0.15) is 12.1 Å². The lowest BCUT2D eigenvalue weighted by atomic mass is 10.2. The highest BCUT2D eigenvalue weighted by Gasteiger charge is 2.29. The molecule has 0 spiro atoms. The molecule has 2 aromatic rings. The van der Waals surface area contributed by atoms with Gasteiger partial charge in [-0.1, -0.05) is 0 Å². The molecule has 0 unspecified atom stereocenters. The molecule has 7 heteroatoms. The van der Waals surface area contributed by atoms with E-state index in [2.05, 4.69) is 21.5 Å². The number of hydrogen-bond acceptors (Lipinski definition) is 4. The smallest absolute Gasteiger partial charge is 0.317 e. The van der Waals surface area contributed by atoms with Crippen molar-refractivity contribution < 1.29 is 4.79 Å². The van der Waals surface area contributed by atoms with E-state index < -0.39 is 0 Å². The number of nitrogens with zero attached hydrogens (tertiary/aromatic N) is 4. The van der Waals surface area contributed by atoms with Crippen molar-refractivity contribution in [1.82, 2.24) is 24.8 Å². The van der Waals surface area contributed by atoms with Crippen LogP contribution in [0.2, 0.25) is 0 Å². The van der Waals surface area contributed by atoms with Gasteiger partial charge in [0, 0.05) is 43.5 Å². The second kappa shape index (κ2) is 7.70. The zero-order valence-electron chi connectivity index (χ0n) is 14.1. The number of rotatable bonds is 5. The molecule has 1 N–H and O–H groups in total. The molecule has 2 amide bonds. The third kappa shape index (κ3) is 3.90. The molecular formula is C17H23N5OS. The molecule has 1 aliphatic carbocycles. The molecule has 2 heterocycles. The summed E-state index contributed by atoms with van der Waals surface area (Å²) < 4.78 is 1.85. The van der Waals surface area contributed by atoms with Crippen LogP contribution in [0, 0.1) is 0 Å². The van der Waals surface area contributed by atoms with E-state index in [9.17, 15) is 4.79 Å². The van der Waals surface area contributed by atoms with Crippen LogP contribution in [-0.4, -0.2) is 50.1 Å². The number of amides is 2. The zero-order chi connectivity index (χ0) is 16.9. The SMILES string of the molecule is CS[C@@H]1CC[C@H](N(C)C(=O)NCc2ccnc(-n3ccnc3)c2)C1. The van der Waals surface area contributed by atoms with Gasteiger partial charge in [-0.25, -0.2) is 14.8 Å². The molecule has 0 aromatic carbocycles. The summed E-state index contributed by atoms with van der Waals surface area (Å²) in [5.74, 6) is 0.797. The van der Waals surface area contributed by atoms with Crippen LogP contribution in [0.3, 0.4) is 0 Å². The van der Waals surface area contributed by atoms with Crippen LogP contribution in [0.1, 0.15) is 24.8 Å². The second-order valence-corrected chi connectivity index (χ2v) is 7.22. The molecule has 0 bridgehead atoms. The van der Waals surface area contributed by atoms with Gasteiger partial charge >= 0.3 is 6.03 Å². The molecule has 1 saturated carbocycles. The first-order chi connectivity index (χ1) is 11.7. The summed E-state index contributed by atoms with van der Waals surface area (Å²) >= 11 is 1.90. The first kappa shape index (κ1) is 16.8. The molecule has 128 valence electrons. The van der Waals surface area contributed by atoms with E-state index in [-0.39, 0.29) is 6.03 Å². The van der Waals surface area contributed by atoms with Gasteiger partial charge in [0.05, 0.1) is 0 Å². The van der Waals surface area contributed by atoms with Crippen molar-refractivity contribution in [2.45, 2.75) is 37.1 Å². The second-order valence-electron chi connectivity index (χ2n) is 6.09. The summed E-state index contributed by atoms with van der Waals surface area (Å²) in [7, 11) is 1.90. The Bertz CT molecular complexity index is 675. The molecule has 0 radical (unpaired) electrons. The van der Waals surface area contributed by atoms with Gasteiger partial charge in [-0.15, -0.1) is 0 Å². The van der Waals surface area contributed by atoms with Crippen molar-refractivity contribution in [2.24, 2.45) is 0 Å². The average molecular weight is 345 g/mol. The van der Waals surface area contributed by atoms with Crippen molar-refractivity contribution in [3.05, 3.63) is 42.6 Å². The first-order valence-electron chi connectivity index (χ1n) is 8.14. The summed E-state index contributed by atoms with van der Waals surface area (Å²) in [5.41, 5.74) is 1.02. The standard InChI is InChI=1S/C17H23N5OS/c1-21(14-3-4-15(10-14)24-2)17(23)20-11-13-5-6-19-16(9-13)22-8-7-18-12-22/h5-9,12,14-15H,3-4,10-11H2,1-2H3,(H,20,23)/t14-,15+/m0/s1. The van der Waals surface area contributed by atoms with Gasteiger partial charge in [0.25, 0.3) is 0 Å². The van der Waals surface area contributed by atoms with Gasteiger partial charge in [-0.3, -0.25) is 4.57 Å². The van der Waals surface area contributed by atoms with Crippen molar-refractivity contribution >= 4 is 17.8 Å². The Hall–Kier alpha value is -2.02. The van der Waals surface area contributed by atoms with Gasteiger partial charge in [-0.05, 0) is 43.2 Å². The molecule has 6 nitrogen and oxygen atoms in total. The number of carbonyl (C=O) groups excluding carboxylic acids is 1. The molecule has 1 aliphatic rings. The number of urea groups is 1. The van der Waals surface area contributed by atoms with Crippen LogP contribution >= 0.6 is 11.8 Å². The lowest BCUT2D eigenvalue weighted by molar-refractivity contribution is 0.190. The Balaban J connectivity index is 1.55. The number of pyridine rings is 1. The van der Waals surface area contributed by atoms with Crippen LogP contribution in [0.15, 0.2) is 37.1 Å². The van der Waals surface area contributed by atoms with Gasteiger partial charge in [0.2, 0.25) is 0 Å². The summed E-state index contributed by atoms with van der Waals surface area (Å²) in [6.45, 7) is 0.492. The highest BCUT2D eigenvalue weighted by atomic mass is 32.2. The number of aromatic nitrogens is 3. The monoisotopic (exact) mass is 345 g/mol. The van der Waals surface area contributed by atoms with Gasteiger partial charge in [0.15, 0.2) is 0 Å². The topological polar surface area (TPSA) is 63.1 Å². The minimum absolute atomic E-state index is 0.0113. The number of nitrogens with one attached hydrogen (secondary N) is 1. The average Bonchev–Trinajstić information content (AvgIpc) is 3.30. The number of carbonyl (C=O) groups is 1. The van der Waals surface area contributed by atoms with Crippen LogP contribution in [0.4, 0.5) is 4.79 Å². The van der Waals surface area contributed by atoms with Crippen molar-refractivity contribution in [3.8, 4) is 5.82 Å². The van der Waals surface area contributed by atoms with E-state index in [1.807, 2.05) is 46.6 Å². The molecule has 1 fully saturated rings. The van der Waals surface area contributed by atoms with Crippen molar-refractivity contribution in [3.63, 3.8) is 0 Å². The summed E-state index contributed by atoms with van der Waals surface area (Å²) in [6.07, 6.45) is 12.5. The molecule has 2 aromatic heterocycles. The summed E-state index contributed by atoms with van der Waals surface area (Å²) in [6, 6.07) is 4.21. The number of hydrogen-bond donors (Lipinski definition) is 1. The van der Waals surface area contributed by atoms with Crippen molar-refractivity contribution in [2.75, 3.05) is 13.3 Å². The quantitative estimate of drug-likeness (QED) is 0.905. The van der Waals surface area contributed by atoms with Crippen LogP contribution in [0.5, 0.6) is 0 Å². The van der Waals surface area contributed by atoms with E-state index in [1.165, 1.54) is 6.42 Å². The third-order valence-corrected chi connectivity index (χ3v) is 5.68. The molecule has 0 saturated heterocycles. The Morgan fingerprint density at radius 2 is 2.33 bits per heavy atom. The Labute approximate surface area is 146 Å². The third-order valence-electron chi connectivity index (χ3n) is 4.58. The van der Waals surface area contributed by atoms with E-state index in [0.29, 0.717) is 17.8 Å². The maximum Gasteiger partial charge on any atom is 0.317 e. The maximum atomic E-state index is 12.4. The van der Waals surface area contributed by atoms with Gasteiger partial charge < -0.3 is 10.2 Å².